The van der Waals surface area contributed by atoms with Crippen molar-refractivity contribution in [3.8, 4) is 0 Å². The molecule has 86 valence electrons. The Morgan fingerprint density at radius 3 is 2.44 bits per heavy atom. The lowest BCUT2D eigenvalue weighted by Crippen LogP contribution is -2.44. The molecular weight excluding hydrogens is 200 g/mol. The van der Waals surface area contributed by atoms with E-state index < -0.39 is 0 Å². The van der Waals surface area contributed by atoms with E-state index in [4.69, 9.17) is 0 Å². The highest BCUT2D eigenvalue weighted by atomic mass is 16.1. The monoisotopic (exact) mass is 218 g/mol. The van der Waals surface area contributed by atoms with E-state index in [1.54, 1.807) is 0 Å². The Bertz CT molecular complexity index is 382. The first-order valence-corrected chi connectivity index (χ1v) is 5.70. The second-order valence-electron chi connectivity index (χ2n) is 4.45. The van der Waals surface area contributed by atoms with Gasteiger partial charge in [-0.2, -0.15) is 0 Å². The van der Waals surface area contributed by atoms with E-state index in [0.29, 0.717) is 0 Å². The number of carbonyl (C=O) groups is 1. The highest BCUT2D eigenvalue weighted by molar-refractivity contribution is 5.78. The van der Waals surface area contributed by atoms with Gasteiger partial charge in [0.2, 0.25) is 0 Å². The van der Waals surface area contributed by atoms with Crippen LogP contribution in [0.3, 0.4) is 0 Å². The fourth-order valence-electron chi connectivity index (χ4n) is 2.05. The number of benzene rings is 1. The molecule has 0 atom stereocenters. The Hall–Kier alpha value is -1.35. The van der Waals surface area contributed by atoms with Crippen LogP contribution in [0.15, 0.2) is 18.2 Å². The maximum atomic E-state index is 10.7. The lowest BCUT2D eigenvalue weighted by Gasteiger charge is -2.34. The van der Waals surface area contributed by atoms with Crippen molar-refractivity contribution < 1.29 is 4.79 Å². The van der Waals surface area contributed by atoms with Crippen LogP contribution in [0.5, 0.6) is 0 Å². The molecular formula is C13H18N2O. The molecule has 1 heterocycles. The van der Waals surface area contributed by atoms with Crippen molar-refractivity contribution in [1.82, 2.24) is 4.90 Å². The molecule has 0 spiro atoms. The molecule has 16 heavy (non-hydrogen) atoms. The summed E-state index contributed by atoms with van der Waals surface area (Å²) in [7, 11) is 2.15. The summed E-state index contributed by atoms with van der Waals surface area (Å²) < 4.78 is 0. The Morgan fingerprint density at radius 1 is 1.19 bits per heavy atom. The van der Waals surface area contributed by atoms with Gasteiger partial charge in [-0.15, -0.1) is 0 Å². The van der Waals surface area contributed by atoms with Gasteiger partial charge < -0.3 is 9.80 Å². The molecule has 1 fully saturated rings. The highest BCUT2D eigenvalue weighted by Crippen LogP contribution is 2.19. The number of likely N-dealkylation sites (N-methyl/N-ethyl adjacent to an activating group) is 1. The first-order chi connectivity index (χ1) is 7.70. The number of aldehydes is 1. The molecule has 0 aromatic heterocycles. The molecule has 2 rings (SSSR count). The number of hydrogen-bond donors (Lipinski definition) is 0. The molecule has 0 aliphatic carbocycles. The zero-order valence-corrected chi connectivity index (χ0v) is 9.94. The van der Waals surface area contributed by atoms with Gasteiger partial charge in [-0.05, 0) is 37.7 Å². The third-order valence-electron chi connectivity index (χ3n) is 3.25. The molecule has 3 heteroatoms. The summed E-state index contributed by atoms with van der Waals surface area (Å²) in [6, 6.07) is 6.06. The van der Waals surface area contributed by atoms with Crippen molar-refractivity contribution in [2.75, 3.05) is 38.1 Å². The van der Waals surface area contributed by atoms with E-state index in [1.165, 1.54) is 5.69 Å². The Balaban J connectivity index is 2.15. The van der Waals surface area contributed by atoms with Gasteiger partial charge >= 0.3 is 0 Å². The van der Waals surface area contributed by atoms with Gasteiger partial charge in [-0.25, -0.2) is 0 Å². The molecule has 0 radical (unpaired) electrons. The molecule has 1 aliphatic heterocycles. The van der Waals surface area contributed by atoms with E-state index in [1.807, 2.05) is 19.1 Å². The highest BCUT2D eigenvalue weighted by Gasteiger charge is 2.14. The van der Waals surface area contributed by atoms with Crippen molar-refractivity contribution in [3.63, 3.8) is 0 Å². The predicted octanol–water partition coefficient (Wildman–Crippen LogP) is 1.56. The number of anilines is 1. The lowest BCUT2D eigenvalue weighted by molar-refractivity contribution is 0.112. The smallest absolute Gasteiger partial charge is 0.150 e. The maximum absolute atomic E-state index is 10.7. The van der Waals surface area contributed by atoms with Gasteiger partial charge in [0.1, 0.15) is 6.29 Å². The molecule has 0 saturated carbocycles. The number of piperazine rings is 1. The summed E-state index contributed by atoms with van der Waals surface area (Å²) in [5, 5.41) is 0. The zero-order chi connectivity index (χ0) is 11.5. The summed E-state index contributed by atoms with van der Waals surface area (Å²) in [5.41, 5.74) is 3.08. The summed E-state index contributed by atoms with van der Waals surface area (Å²) >= 11 is 0. The summed E-state index contributed by atoms with van der Waals surface area (Å²) in [6.07, 6.45) is 0.920. The fourth-order valence-corrected chi connectivity index (χ4v) is 2.05. The van der Waals surface area contributed by atoms with Crippen LogP contribution in [0.2, 0.25) is 0 Å². The average Bonchev–Trinajstić information content (AvgIpc) is 2.30. The van der Waals surface area contributed by atoms with Gasteiger partial charge in [0.15, 0.2) is 0 Å². The number of aryl methyl sites for hydroxylation is 1. The second-order valence-corrected chi connectivity index (χ2v) is 4.45. The van der Waals surface area contributed by atoms with Crippen LogP contribution in [0.1, 0.15) is 15.9 Å². The predicted molar refractivity (Wildman–Crippen MR) is 66.3 cm³/mol. The van der Waals surface area contributed by atoms with E-state index in [9.17, 15) is 4.79 Å². The van der Waals surface area contributed by atoms with E-state index >= 15 is 0 Å². The number of rotatable bonds is 2. The minimum atomic E-state index is 0.790. The third-order valence-corrected chi connectivity index (χ3v) is 3.25. The standard InChI is InChI=1S/C13H18N2O/c1-11-9-13(4-3-12(11)10-16)15-7-5-14(2)6-8-15/h3-4,9-10H,5-8H2,1-2H3. The zero-order valence-electron chi connectivity index (χ0n) is 9.94. The van der Waals surface area contributed by atoms with Gasteiger partial charge in [0, 0.05) is 37.4 Å². The number of hydrogen-bond acceptors (Lipinski definition) is 3. The summed E-state index contributed by atoms with van der Waals surface area (Å²) in [6.45, 7) is 6.33. The van der Waals surface area contributed by atoms with Crippen LogP contribution < -0.4 is 4.90 Å². The molecule has 0 N–H and O–H groups in total. The number of carbonyl (C=O) groups excluding carboxylic acids is 1. The van der Waals surface area contributed by atoms with Crippen molar-refractivity contribution in [1.29, 1.82) is 0 Å². The first kappa shape index (κ1) is 11.1. The molecule has 1 aromatic rings. The minimum Gasteiger partial charge on any atom is -0.369 e. The molecule has 3 nitrogen and oxygen atoms in total. The van der Waals surface area contributed by atoms with E-state index in [2.05, 4.69) is 22.9 Å². The van der Waals surface area contributed by atoms with Crippen LogP contribution in [0, 0.1) is 6.92 Å². The Kier molecular flexibility index (Phi) is 3.25. The van der Waals surface area contributed by atoms with Crippen molar-refractivity contribution in [3.05, 3.63) is 29.3 Å². The third kappa shape index (κ3) is 2.25. The number of nitrogens with zero attached hydrogens (tertiary/aromatic N) is 2. The fraction of sp³-hybridized carbons (Fsp3) is 0.462. The maximum Gasteiger partial charge on any atom is 0.150 e. The van der Waals surface area contributed by atoms with Crippen molar-refractivity contribution >= 4 is 12.0 Å². The molecule has 0 amide bonds. The van der Waals surface area contributed by atoms with Crippen molar-refractivity contribution in [2.24, 2.45) is 0 Å². The van der Waals surface area contributed by atoms with Crippen LogP contribution >= 0.6 is 0 Å². The van der Waals surface area contributed by atoms with Gasteiger partial charge in [0.05, 0.1) is 0 Å². The molecule has 1 aliphatic rings. The van der Waals surface area contributed by atoms with Crippen molar-refractivity contribution in [2.45, 2.75) is 6.92 Å². The summed E-state index contributed by atoms with van der Waals surface area (Å²) in [4.78, 5) is 15.5. The van der Waals surface area contributed by atoms with Gasteiger partial charge in [-0.1, -0.05) is 0 Å². The molecule has 0 unspecified atom stereocenters. The Labute approximate surface area is 96.7 Å². The first-order valence-electron chi connectivity index (χ1n) is 5.70. The van der Waals surface area contributed by atoms with Crippen LogP contribution in [-0.4, -0.2) is 44.4 Å². The second kappa shape index (κ2) is 4.66. The molecule has 0 bridgehead atoms. The van der Waals surface area contributed by atoms with Gasteiger partial charge in [-0.3, -0.25) is 4.79 Å². The van der Waals surface area contributed by atoms with Gasteiger partial charge in [0.25, 0.3) is 0 Å². The normalized spacial score (nSPS) is 17.5. The van der Waals surface area contributed by atoms with Crippen LogP contribution in [0.4, 0.5) is 5.69 Å². The van der Waals surface area contributed by atoms with E-state index in [-0.39, 0.29) is 0 Å². The Morgan fingerprint density at radius 2 is 1.88 bits per heavy atom. The topological polar surface area (TPSA) is 23.6 Å². The van der Waals surface area contributed by atoms with Crippen LogP contribution in [0.25, 0.3) is 0 Å². The SMILES string of the molecule is Cc1cc(N2CCN(C)CC2)ccc1C=O. The van der Waals surface area contributed by atoms with E-state index in [0.717, 1.165) is 43.6 Å². The lowest BCUT2D eigenvalue weighted by atomic mass is 10.1. The average molecular weight is 218 g/mol. The summed E-state index contributed by atoms with van der Waals surface area (Å²) in [5.74, 6) is 0. The quantitative estimate of drug-likeness (QED) is 0.704. The van der Waals surface area contributed by atoms with Crippen LogP contribution in [-0.2, 0) is 0 Å². The largest absolute Gasteiger partial charge is 0.369 e. The molecule has 1 saturated heterocycles. The minimum absolute atomic E-state index is 0.790. The molecule has 1 aromatic carbocycles.